The predicted octanol–water partition coefficient (Wildman–Crippen LogP) is 1.33. The number of hydrogen-bond donors (Lipinski definition) is 3. The monoisotopic (exact) mass is 325 g/mol. The highest BCUT2D eigenvalue weighted by Crippen LogP contribution is 2.26. The van der Waals surface area contributed by atoms with Crippen LogP contribution in [0.3, 0.4) is 0 Å². The molecule has 0 aliphatic heterocycles. The van der Waals surface area contributed by atoms with Crippen LogP contribution in [0.5, 0.6) is 0 Å². The summed E-state index contributed by atoms with van der Waals surface area (Å²) < 4.78 is 4.92. The molecule has 7 heteroatoms. The van der Waals surface area contributed by atoms with Crippen molar-refractivity contribution in [2.75, 3.05) is 44.9 Å². The van der Waals surface area contributed by atoms with Gasteiger partial charge < -0.3 is 20.7 Å². The Hall–Kier alpha value is -1.57. The lowest BCUT2D eigenvalue weighted by atomic mass is 10.2. The molecule has 0 radical (unpaired) electrons. The lowest BCUT2D eigenvalue weighted by Gasteiger charge is -2.11. The minimum atomic E-state index is -0.130. The molecule has 0 atom stereocenters. The molecule has 122 valence electrons. The molecule has 22 heavy (non-hydrogen) atoms. The van der Waals surface area contributed by atoms with Crippen LogP contribution in [0.2, 0.25) is 0 Å². The van der Waals surface area contributed by atoms with E-state index in [4.69, 9.17) is 4.74 Å². The van der Waals surface area contributed by atoms with E-state index in [2.05, 4.69) is 16.0 Å². The molecule has 0 aliphatic rings. The van der Waals surface area contributed by atoms with Crippen LogP contribution in [0.4, 0.5) is 5.69 Å². The van der Waals surface area contributed by atoms with Gasteiger partial charge in [0.15, 0.2) is 0 Å². The SMILES string of the molecule is COCCNCCNC(=O)c1ccc(NC(C)=O)c(SC)c1. The normalized spacial score (nSPS) is 10.3. The molecule has 0 unspecified atom stereocenters. The summed E-state index contributed by atoms with van der Waals surface area (Å²) in [5, 5.41) is 8.75. The van der Waals surface area contributed by atoms with Crippen LogP contribution in [0, 0.1) is 0 Å². The van der Waals surface area contributed by atoms with Crippen LogP contribution in [-0.4, -0.2) is 51.4 Å². The summed E-state index contributed by atoms with van der Waals surface area (Å²) in [6, 6.07) is 5.24. The van der Waals surface area contributed by atoms with E-state index in [9.17, 15) is 9.59 Å². The van der Waals surface area contributed by atoms with Gasteiger partial charge in [-0.25, -0.2) is 0 Å². The van der Waals surface area contributed by atoms with Gasteiger partial charge in [0.1, 0.15) is 0 Å². The quantitative estimate of drug-likeness (QED) is 0.471. The van der Waals surface area contributed by atoms with Crippen LogP contribution in [-0.2, 0) is 9.53 Å². The van der Waals surface area contributed by atoms with E-state index in [1.54, 1.807) is 25.3 Å². The third kappa shape index (κ3) is 6.46. The molecule has 0 fully saturated rings. The van der Waals surface area contributed by atoms with Crippen molar-refractivity contribution in [2.24, 2.45) is 0 Å². The molecule has 3 N–H and O–H groups in total. The highest BCUT2D eigenvalue weighted by Gasteiger charge is 2.09. The second-order valence-corrected chi connectivity index (χ2v) is 5.44. The third-order valence-corrected chi connectivity index (χ3v) is 3.62. The summed E-state index contributed by atoms with van der Waals surface area (Å²) in [5.41, 5.74) is 1.30. The molecule has 1 aromatic carbocycles. The fourth-order valence-corrected chi connectivity index (χ4v) is 2.37. The predicted molar refractivity (Wildman–Crippen MR) is 89.6 cm³/mol. The first-order chi connectivity index (χ1) is 10.6. The second-order valence-electron chi connectivity index (χ2n) is 4.59. The molecule has 0 bridgehead atoms. The highest BCUT2D eigenvalue weighted by molar-refractivity contribution is 7.98. The molecule has 0 aliphatic carbocycles. The molecule has 0 aromatic heterocycles. The largest absolute Gasteiger partial charge is 0.383 e. The standard InChI is InChI=1S/C15H23N3O3S/c1-11(19)18-13-5-4-12(10-14(13)22-3)15(20)17-7-6-16-8-9-21-2/h4-5,10,16H,6-9H2,1-3H3,(H,17,20)(H,18,19). The van der Waals surface area contributed by atoms with E-state index in [0.717, 1.165) is 17.1 Å². The van der Waals surface area contributed by atoms with E-state index in [-0.39, 0.29) is 11.8 Å². The van der Waals surface area contributed by atoms with E-state index in [1.807, 2.05) is 6.26 Å². The summed E-state index contributed by atoms with van der Waals surface area (Å²) in [6.45, 7) is 4.10. The molecule has 1 aromatic rings. The third-order valence-electron chi connectivity index (χ3n) is 2.84. The maximum Gasteiger partial charge on any atom is 0.251 e. The number of amides is 2. The molecule has 0 spiro atoms. The van der Waals surface area contributed by atoms with Crippen LogP contribution in [0.1, 0.15) is 17.3 Å². The van der Waals surface area contributed by atoms with Crippen LogP contribution in [0.25, 0.3) is 0 Å². The van der Waals surface area contributed by atoms with Crippen LogP contribution >= 0.6 is 11.8 Å². The fourth-order valence-electron chi connectivity index (χ4n) is 1.79. The number of benzene rings is 1. The van der Waals surface area contributed by atoms with E-state index in [1.165, 1.54) is 18.7 Å². The number of rotatable bonds is 9. The van der Waals surface area contributed by atoms with Crippen molar-refractivity contribution < 1.29 is 14.3 Å². The number of ether oxygens (including phenoxy) is 1. The zero-order chi connectivity index (χ0) is 16.4. The minimum Gasteiger partial charge on any atom is -0.383 e. The lowest BCUT2D eigenvalue weighted by Crippen LogP contribution is -2.33. The number of anilines is 1. The van der Waals surface area contributed by atoms with Crippen molar-refractivity contribution >= 4 is 29.3 Å². The van der Waals surface area contributed by atoms with Gasteiger partial charge in [0.25, 0.3) is 5.91 Å². The average Bonchev–Trinajstić information content (AvgIpc) is 2.50. The molecule has 0 saturated heterocycles. The molecular weight excluding hydrogens is 302 g/mol. The first-order valence-electron chi connectivity index (χ1n) is 7.02. The van der Waals surface area contributed by atoms with Gasteiger partial charge in [0, 0.05) is 44.1 Å². The number of carbonyl (C=O) groups is 2. The Morgan fingerprint density at radius 1 is 1.23 bits per heavy atom. The Morgan fingerprint density at radius 3 is 2.64 bits per heavy atom. The van der Waals surface area contributed by atoms with Crippen molar-refractivity contribution in [3.8, 4) is 0 Å². The minimum absolute atomic E-state index is 0.127. The Labute approximate surface area is 135 Å². The Kier molecular flexibility index (Phi) is 8.57. The van der Waals surface area contributed by atoms with Gasteiger partial charge in [-0.15, -0.1) is 11.8 Å². The molecule has 0 heterocycles. The number of methoxy groups -OCH3 is 1. The number of nitrogens with one attached hydrogen (secondary N) is 3. The van der Waals surface area contributed by atoms with Crippen molar-refractivity contribution in [3.63, 3.8) is 0 Å². The molecule has 1 rings (SSSR count). The highest BCUT2D eigenvalue weighted by atomic mass is 32.2. The van der Waals surface area contributed by atoms with Gasteiger partial charge in [0.2, 0.25) is 5.91 Å². The molecular formula is C15H23N3O3S. The summed E-state index contributed by atoms with van der Waals surface area (Å²) in [6.07, 6.45) is 1.90. The topological polar surface area (TPSA) is 79.5 Å². The van der Waals surface area contributed by atoms with Gasteiger partial charge in [-0.05, 0) is 24.5 Å². The van der Waals surface area contributed by atoms with E-state index < -0.39 is 0 Å². The maximum absolute atomic E-state index is 12.1. The van der Waals surface area contributed by atoms with Crippen molar-refractivity contribution in [2.45, 2.75) is 11.8 Å². The van der Waals surface area contributed by atoms with Gasteiger partial charge in [-0.2, -0.15) is 0 Å². The van der Waals surface area contributed by atoms with Gasteiger partial charge in [-0.1, -0.05) is 0 Å². The molecule has 0 saturated carbocycles. The van der Waals surface area contributed by atoms with E-state index >= 15 is 0 Å². The summed E-state index contributed by atoms with van der Waals surface area (Å²) in [7, 11) is 1.65. The fraction of sp³-hybridized carbons (Fsp3) is 0.467. The number of thioether (sulfide) groups is 1. The van der Waals surface area contributed by atoms with Gasteiger partial charge >= 0.3 is 0 Å². The zero-order valence-electron chi connectivity index (χ0n) is 13.2. The van der Waals surface area contributed by atoms with Crippen LogP contribution in [0.15, 0.2) is 23.1 Å². The van der Waals surface area contributed by atoms with Crippen molar-refractivity contribution in [1.29, 1.82) is 0 Å². The van der Waals surface area contributed by atoms with Gasteiger partial charge in [0.05, 0.1) is 12.3 Å². The Balaban J connectivity index is 2.53. The first-order valence-corrected chi connectivity index (χ1v) is 8.24. The molecule has 2 amide bonds. The number of carbonyl (C=O) groups excluding carboxylic acids is 2. The maximum atomic E-state index is 12.1. The van der Waals surface area contributed by atoms with Crippen molar-refractivity contribution in [3.05, 3.63) is 23.8 Å². The average molecular weight is 325 g/mol. The summed E-state index contributed by atoms with van der Waals surface area (Å²) in [5.74, 6) is -0.257. The molecule has 6 nitrogen and oxygen atoms in total. The Bertz CT molecular complexity index is 509. The summed E-state index contributed by atoms with van der Waals surface area (Å²) in [4.78, 5) is 24.1. The zero-order valence-corrected chi connectivity index (χ0v) is 14.0. The smallest absolute Gasteiger partial charge is 0.251 e. The summed E-state index contributed by atoms with van der Waals surface area (Å²) >= 11 is 1.49. The first kappa shape index (κ1) is 18.5. The second kappa shape index (κ2) is 10.2. The number of hydrogen-bond acceptors (Lipinski definition) is 5. The van der Waals surface area contributed by atoms with E-state index in [0.29, 0.717) is 25.3 Å². The Morgan fingerprint density at radius 2 is 2.00 bits per heavy atom. The van der Waals surface area contributed by atoms with Gasteiger partial charge in [-0.3, -0.25) is 9.59 Å². The van der Waals surface area contributed by atoms with Crippen molar-refractivity contribution in [1.82, 2.24) is 10.6 Å². The van der Waals surface area contributed by atoms with Crippen LogP contribution < -0.4 is 16.0 Å². The lowest BCUT2D eigenvalue weighted by molar-refractivity contribution is -0.114.